The Labute approximate surface area is 129 Å². The molecule has 3 rings (SSSR count). The van der Waals surface area contributed by atoms with Crippen LogP contribution < -0.4 is 10.9 Å². The van der Waals surface area contributed by atoms with E-state index in [2.05, 4.69) is 5.32 Å². The molecule has 1 N–H and O–H groups in total. The van der Waals surface area contributed by atoms with Crippen LogP contribution in [0.15, 0.2) is 35.1 Å². The minimum absolute atomic E-state index is 0.0467. The zero-order valence-corrected chi connectivity index (χ0v) is 11.9. The standard InChI is InChI=1S/C14H12N4O5/c19-14-10(7-9-1-3-11(4-2-9)17(20)21)8-12(18(22)23)13-15-5-6-16(13)14/h1-4,8,15H,5-7H2. The van der Waals surface area contributed by atoms with Crippen LogP contribution in [0.25, 0.3) is 0 Å². The molecule has 0 aliphatic carbocycles. The largest absolute Gasteiger partial charge is 0.364 e. The molecular weight excluding hydrogens is 304 g/mol. The molecule has 1 aromatic carbocycles. The van der Waals surface area contributed by atoms with Crippen molar-refractivity contribution in [2.24, 2.45) is 0 Å². The summed E-state index contributed by atoms with van der Waals surface area (Å²) < 4.78 is 1.36. The van der Waals surface area contributed by atoms with Crippen LogP contribution in [-0.2, 0) is 13.0 Å². The van der Waals surface area contributed by atoms with Crippen molar-refractivity contribution >= 4 is 17.2 Å². The van der Waals surface area contributed by atoms with Crippen molar-refractivity contribution in [3.63, 3.8) is 0 Å². The van der Waals surface area contributed by atoms with Gasteiger partial charge in [0.15, 0.2) is 5.82 Å². The summed E-state index contributed by atoms with van der Waals surface area (Å²) in [6.07, 6.45) is 0.179. The predicted octanol–water partition coefficient (Wildman–Crippen LogP) is 1.68. The molecule has 2 aromatic rings. The fraction of sp³-hybridized carbons (Fsp3) is 0.214. The third kappa shape index (κ3) is 2.63. The van der Waals surface area contributed by atoms with Gasteiger partial charge in [-0.05, 0) is 5.56 Å². The highest BCUT2D eigenvalue weighted by Crippen LogP contribution is 2.27. The highest BCUT2D eigenvalue weighted by atomic mass is 16.6. The van der Waals surface area contributed by atoms with E-state index < -0.39 is 9.85 Å². The molecule has 0 atom stereocenters. The molecule has 0 unspecified atom stereocenters. The van der Waals surface area contributed by atoms with E-state index in [1.165, 1.54) is 22.8 Å². The Kier molecular flexibility index (Phi) is 3.53. The fourth-order valence-electron chi connectivity index (χ4n) is 2.61. The van der Waals surface area contributed by atoms with E-state index in [1.807, 2.05) is 0 Å². The molecule has 0 saturated heterocycles. The zero-order chi connectivity index (χ0) is 16.6. The van der Waals surface area contributed by atoms with Gasteiger partial charge in [-0.15, -0.1) is 0 Å². The van der Waals surface area contributed by atoms with Crippen molar-refractivity contribution in [2.45, 2.75) is 13.0 Å². The Morgan fingerprint density at radius 2 is 1.83 bits per heavy atom. The van der Waals surface area contributed by atoms with Crippen LogP contribution in [0.3, 0.4) is 0 Å². The number of benzene rings is 1. The first-order chi connectivity index (χ1) is 11.0. The van der Waals surface area contributed by atoms with E-state index in [0.29, 0.717) is 18.7 Å². The van der Waals surface area contributed by atoms with Crippen molar-refractivity contribution in [3.05, 3.63) is 72.0 Å². The van der Waals surface area contributed by atoms with E-state index >= 15 is 0 Å². The first-order valence-electron chi connectivity index (χ1n) is 6.85. The van der Waals surface area contributed by atoms with Gasteiger partial charge >= 0.3 is 5.69 Å². The summed E-state index contributed by atoms with van der Waals surface area (Å²) >= 11 is 0. The van der Waals surface area contributed by atoms with Gasteiger partial charge in [-0.25, -0.2) is 0 Å². The lowest BCUT2D eigenvalue weighted by atomic mass is 10.1. The van der Waals surface area contributed by atoms with E-state index in [9.17, 15) is 25.0 Å². The van der Waals surface area contributed by atoms with Crippen LogP contribution in [0.1, 0.15) is 11.1 Å². The molecule has 23 heavy (non-hydrogen) atoms. The number of anilines is 1. The van der Waals surface area contributed by atoms with Gasteiger partial charge in [-0.2, -0.15) is 0 Å². The summed E-state index contributed by atoms with van der Waals surface area (Å²) in [6, 6.07) is 7.04. The summed E-state index contributed by atoms with van der Waals surface area (Å²) in [5.74, 6) is 0.229. The average Bonchev–Trinajstić information content (AvgIpc) is 3.00. The highest BCUT2D eigenvalue weighted by Gasteiger charge is 2.25. The molecule has 2 heterocycles. The quantitative estimate of drug-likeness (QED) is 0.676. The van der Waals surface area contributed by atoms with Gasteiger partial charge < -0.3 is 5.32 Å². The Bertz CT molecular complexity index is 857. The molecule has 1 aliphatic heterocycles. The Morgan fingerprint density at radius 3 is 2.43 bits per heavy atom. The van der Waals surface area contributed by atoms with Gasteiger partial charge in [0.1, 0.15) is 0 Å². The second-order valence-corrected chi connectivity index (χ2v) is 5.14. The fourth-order valence-corrected chi connectivity index (χ4v) is 2.61. The van der Waals surface area contributed by atoms with Crippen molar-refractivity contribution in [1.29, 1.82) is 0 Å². The maximum absolute atomic E-state index is 12.4. The third-order valence-electron chi connectivity index (χ3n) is 3.71. The van der Waals surface area contributed by atoms with Crippen molar-refractivity contribution in [2.75, 3.05) is 11.9 Å². The molecule has 118 valence electrons. The summed E-state index contributed by atoms with van der Waals surface area (Å²) in [7, 11) is 0. The smallest absolute Gasteiger partial charge is 0.310 e. The number of rotatable bonds is 4. The Morgan fingerprint density at radius 1 is 1.13 bits per heavy atom. The van der Waals surface area contributed by atoms with Gasteiger partial charge in [0.25, 0.3) is 11.2 Å². The number of nitro groups is 2. The van der Waals surface area contributed by atoms with Crippen molar-refractivity contribution in [1.82, 2.24) is 4.57 Å². The van der Waals surface area contributed by atoms with Gasteiger partial charge in [-0.1, -0.05) is 12.1 Å². The minimum atomic E-state index is -0.525. The summed E-state index contributed by atoms with van der Waals surface area (Å²) in [5.41, 5.74) is 0.495. The molecule has 9 nitrogen and oxygen atoms in total. The molecular formula is C14H12N4O5. The number of aromatic nitrogens is 1. The lowest BCUT2D eigenvalue weighted by molar-refractivity contribution is -0.384. The molecule has 9 heteroatoms. The zero-order valence-electron chi connectivity index (χ0n) is 11.9. The minimum Gasteiger partial charge on any atom is -0.364 e. The molecule has 1 aromatic heterocycles. The summed E-state index contributed by atoms with van der Waals surface area (Å²) in [5, 5.41) is 24.7. The van der Waals surface area contributed by atoms with E-state index in [-0.39, 0.29) is 34.7 Å². The van der Waals surface area contributed by atoms with Gasteiger partial charge in [0.05, 0.1) is 9.85 Å². The number of nitro benzene ring substituents is 1. The maximum atomic E-state index is 12.4. The Balaban J connectivity index is 2.00. The van der Waals surface area contributed by atoms with Crippen LogP contribution in [-0.4, -0.2) is 21.0 Å². The first-order valence-corrected chi connectivity index (χ1v) is 6.85. The van der Waals surface area contributed by atoms with Gasteiger partial charge in [-0.3, -0.25) is 29.6 Å². The summed E-state index contributed by atoms with van der Waals surface area (Å²) in [4.78, 5) is 33.2. The van der Waals surface area contributed by atoms with Crippen LogP contribution in [0.4, 0.5) is 17.2 Å². The number of nitrogens with one attached hydrogen (secondary N) is 1. The molecule has 0 bridgehead atoms. The number of pyridine rings is 1. The van der Waals surface area contributed by atoms with Gasteiger partial charge in [0, 0.05) is 43.3 Å². The summed E-state index contributed by atoms with van der Waals surface area (Å²) in [6.45, 7) is 0.847. The SMILES string of the molecule is O=c1c(Cc2ccc([N+](=O)[O-])cc2)cc([N+](=O)[O-])c2n1CCN2. The molecule has 0 radical (unpaired) electrons. The molecule has 0 saturated carbocycles. The Hall–Kier alpha value is -3.23. The second-order valence-electron chi connectivity index (χ2n) is 5.14. The number of fused-ring (bicyclic) bond motifs is 1. The molecule has 0 spiro atoms. The maximum Gasteiger partial charge on any atom is 0.310 e. The van der Waals surface area contributed by atoms with Crippen molar-refractivity contribution < 1.29 is 9.85 Å². The van der Waals surface area contributed by atoms with Crippen molar-refractivity contribution in [3.8, 4) is 0 Å². The number of non-ortho nitro benzene ring substituents is 1. The second kappa shape index (κ2) is 5.52. The number of hydrogen-bond donors (Lipinski definition) is 1. The third-order valence-corrected chi connectivity index (χ3v) is 3.71. The van der Waals surface area contributed by atoms with E-state index in [0.717, 1.165) is 0 Å². The molecule has 0 amide bonds. The number of hydrogen-bond acceptors (Lipinski definition) is 6. The lowest BCUT2D eigenvalue weighted by Crippen LogP contribution is -2.23. The lowest BCUT2D eigenvalue weighted by Gasteiger charge is -2.07. The predicted molar refractivity (Wildman–Crippen MR) is 81.7 cm³/mol. The van der Waals surface area contributed by atoms with Crippen LogP contribution in [0.2, 0.25) is 0 Å². The number of nitrogens with zero attached hydrogens (tertiary/aromatic N) is 3. The highest BCUT2D eigenvalue weighted by molar-refractivity contribution is 5.59. The van der Waals surface area contributed by atoms with Crippen LogP contribution in [0, 0.1) is 20.2 Å². The molecule has 0 fully saturated rings. The first kappa shape index (κ1) is 14.7. The average molecular weight is 316 g/mol. The van der Waals surface area contributed by atoms with E-state index in [4.69, 9.17) is 0 Å². The van der Waals surface area contributed by atoms with Gasteiger partial charge in [0.2, 0.25) is 0 Å². The van der Waals surface area contributed by atoms with Crippen LogP contribution in [0.5, 0.6) is 0 Å². The normalized spacial score (nSPS) is 12.5. The van der Waals surface area contributed by atoms with Crippen LogP contribution >= 0.6 is 0 Å². The van der Waals surface area contributed by atoms with E-state index in [1.54, 1.807) is 12.1 Å². The topological polar surface area (TPSA) is 120 Å². The molecule has 1 aliphatic rings. The monoisotopic (exact) mass is 316 g/mol.